The quantitative estimate of drug-likeness (QED) is 0.356. The van der Waals surface area contributed by atoms with Crippen LogP contribution < -0.4 is 14.4 Å². The van der Waals surface area contributed by atoms with Crippen LogP contribution in [0.25, 0.3) is 0 Å². The normalized spacial score (nSPS) is 38.0. The Morgan fingerprint density at radius 1 is 0.980 bits per heavy atom. The number of aryl methyl sites for hydroxylation is 1. The Hall–Kier alpha value is -2.30. The molecule has 50 heavy (non-hydrogen) atoms. The predicted octanol–water partition coefficient (Wildman–Crippen LogP) is 6.47. The first-order valence-electron chi connectivity index (χ1n) is 19.1. The van der Waals surface area contributed by atoms with Crippen LogP contribution in [0.5, 0.6) is 5.75 Å². The van der Waals surface area contributed by atoms with Crippen LogP contribution in [0.2, 0.25) is 5.02 Å². The van der Waals surface area contributed by atoms with Gasteiger partial charge < -0.3 is 19.1 Å². The molecular weight excluding hydrogens is 670 g/mol. The van der Waals surface area contributed by atoms with Gasteiger partial charge in [-0.05, 0) is 136 Å². The van der Waals surface area contributed by atoms with E-state index in [2.05, 4.69) is 39.4 Å². The van der Waals surface area contributed by atoms with E-state index in [1.165, 1.54) is 24.0 Å². The number of amides is 1. The third-order valence-electron chi connectivity index (χ3n) is 13.3. The highest BCUT2D eigenvalue weighted by atomic mass is 35.5. The van der Waals surface area contributed by atoms with Crippen LogP contribution in [0.15, 0.2) is 36.4 Å². The van der Waals surface area contributed by atoms with Crippen molar-refractivity contribution in [1.29, 1.82) is 0 Å². The fourth-order valence-corrected chi connectivity index (χ4v) is 11.4. The third-order valence-corrected chi connectivity index (χ3v) is 15.7. The van der Waals surface area contributed by atoms with Crippen molar-refractivity contribution in [2.75, 3.05) is 50.9 Å². The summed E-state index contributed by atoms with van der Waals surface area (Å²) < 4.78 is 36.8. The molecule has 2 aromatic carbocycles. The zero-order chi connectivity index (χ0) is 34.6. The van der Waals surface area contributed by atoms with E-state index in [-0.39, 0.29) is 28.8 Å². The molecular formula is C40H54ClN3O5S. The minimum absolute atomic E-state index is 0.135. The lowest BCUT2D eigenvalue weighted by Gasteiger charge is -2.49. The fraction of sp³-hybridized carbons (Fsp3) is 0.650. The molecule has 4 aliphatic heterocycles. The second kappa shape index (κ2) is 13.9. The molecule has 10 heteroatoms. The number of nitrogens with one attached hydrogen (secondary N) is 1. The molecule has 3 fully saturated rings. The van der Waals surface area contributed by atoms with Gasteiger partial charge in [0, 0.05) is 40.3 Å². The van der Waals surface area contributed by atoms with Gasteiger partial charge in [0.2, 0.25) is 0 Å². The predicted molar refractivity (Wildman–Crippen MR) is 201 cm³/mol. The van der Waals surface area contributed by atoms with E-state index in [1.807, 2.05) is 25.1 Å². The molecule has 2 aliphatic carbocycles. The lowest BCUT2D eigenvalue weighted by molar-refractivity contribution is -0.246. The maximum absolute atomic E-state index is 14.0. The molecule has 2 aromatic rings. The molecule has 272 valence electrons. The summed E-state index contributed by atoms with van der Waals surface area (Å²) in [5.74, 6) is 5.90. The molecule has 6 aliphatic rings. The van der Waals surface area contributed by atoms with Gasteiger partial charge in [0.15, 0.2) is 6.29 Å². The number of hydrogen-bond acceptors (Lipinski definition) is 7. The van der Waals surface area contributed by atoms with Gasteiger partial charge in [-0.2, -0.15) is 0 Å². The second-order valence-electron chi connectivity index (χ2n) is 16.3. The first-order chi connectivity index (χ1) is 24.1. The molecule has 1 unspecified atom stereocenters. The van der Waals surface area contributed by atoms with Gasteiger partial charge in [0.1, 0.15) is 5.75 Å². The van der Waals surface area contributed by atoms with Gasteiger partial charge in [0.05, 0.1) is 41.3 Å². The van der Waals surface area contributed by atoms with E-state index in [4.69, 9.17) is 25.8 Å². The number of carbonyl (C=O) groups excluding carboxylic acids is 1. The van der Waals surface area contributed by atoms with Gasteiger partial charge in [-0.1, -0.05) is 31.0 Å². The summed E-state index contributed by atoms with van der Waals surface area (Å²) >= 11 is 6.50. The Kier molecular flexibility index (Phi) is 9.68. The maximum atomic E-state index is 14.0. The average molecular weight is 724 g/mol. The van der Waals surface area contributed by atoms with Crippen LogP contribution >= 0.6 is 11.6 Å². The van der Waals surface area contributed by atoms with Crippen LogP contribution in [-0.2, 0) is 31.0 Å². The number of halogens is 1. The van der Waals surface area contributed by atoms with Crippen LogP contribution in [0, 0.1) is 23.7 Å². The van der Waals surface area contributed by atoms with E-state index in [0.29, 0.717) is 36.0 Å². The number of likely N-dealkylation sites (tertiary alicyclic amines) is 1. The number of nitrogens with zero attached hydrogens (tertiary/aromatic N) is 2. The van der Waals surface area contributed by atoms with Crippen LogP contribution in [0.4, 0.5) is 5.69 Å². The third kappa shape index (κ3) is 6.59. The minimum atomic E-state index is -2.90. The Morgan fingerprint density at radius 3 is 2.54 bits per heavy atom. The van der Waals surface area contributed by atoms with Crippen molar-refractivity contribution in [1.82, 2.24) is 9.62 Å². The summed E-state index contributed by atoms with van der Waals surface area (Å²) in [7, 11) is -2.90. The van der Waals surface area contributed by atoms with Gasteiger partial charge in [-0.3, -0.25) is 14.4 Å². The largest absolute Gasteiger partial charge is 0.490 e. The van der Waals surface area contributed by atoms with Crippen molar-refractivity contribution in [2.24, 2.45) is 23.7 Å². The Bertz CT molecular complexity index is 1690. The lowest BCUT2D eigenvalue weighted by Crippen LogP contribution is -2.55. The summed E-state index contributed by atoms with van der Waals surface area (Å²) in [6.45, 7) is 10.1. The Morgan fingerprint density at radius 2 is 1.80 bits per heavy atom. The molecule has 1 amide bonds. The van der Waals surface area contributed by atoms with Gasteiger partial charge in [-0.25, -0.2) is 4.21 Å². The highest BCUT2D eigenvalue weighted by Gasteiger charge is 2.47. The molecule has 2 saturated heterocycles. The van der Waals surface area contributed by atoms with Crippen molar-refractivity contribution in [3.8, 4) is 5.75 Å². The molecule has 4 heterocycles. The van der Waals surface area contributed by atoms with Crippen molar-refractivity contribution in [3.63, 3.8) is 0 Å². The average Bonchev–Trinajstić information content (AvgIpc) is 3.21. The number of fused-ring (bicyclic) bond motifs is 4. The summed E-state index contributed by atoms with van der Waals surface area (Å²) in [4.78, 5) is 18.7. The maximum Gasteiger partial charge on any atom is 0.262 e. The molecule has 1 spiro atoms. The monoisotopic (exact) mass is 723 g/mol. The van der Waals surface area contributed by atoms with E-state index in [9.17, 15) is 9.00 Å². The molecule has 1 N–H and O–H groups in total. The van der Waals surface area contributed by atoms with Crippen molar-refractivity contribution < 1.29 is 23.2 Å². The molecule has 2 bridgehead atoms. The molecule has 1 saturated carbocycles. The smallest absolute Gasteiger partial charge is 0.262 e. The number of rotatable bonds is 2. The van der Waals surface area contributed by atoms with E-state index < -0.39 is 9.71 Å². The highest BCUT2D eigenvalue weighted by molar-refractivity contribution is 7.99. The van der Waals surface area contributed by atoms with Gasteiger partial charge in [0.25, 0.3) is 5.91 Å². The number of hydrogen-bond donors (Lipinski definition) is 1. The minimum Gasteiger partial charge on any atom is -0.490 e. The SMILES string of the molecule is C=S1(=O)NC(=O)c2ccc3c(c2)N(C[C@@H]2CC[C@H]2[C@H](C2OCC(N4CCC4)CO2)CCC[C@H](C)[C@H]1C)C[C@@]1(CCCc2cc(Cl)ccc21)CO3. The zero-order valence-electron chi connectivity index (χ0n) is 29.7. The summed E-state index contributed by atoms with van der Waals surface area (Å²) in [6.07, 6.45) is 9.41. The van der Waals surface area contributed by atoms with Crippen LogP contribution in [0.1, 0.15) is 86.7 Å². The molecule has 8 nitrogen and oxygen atoms in total. The summed E-state index contributed by atoms with van der Waals surface area (Å²) in [6, 6.07) is 12.4. The molecule has 7 atom stereocenters. The van der Waals surface area contributed by atoms with E-state index >= 15 is 0 Å². The van der Waals surface area contributed by atoms with Gasteiger partial charge >= 0.3 is 0 Å². The summed E-state index contributed by atoms with van der Waals surface area (Å²) in [5, 5.41) is 0.505. The van der Waals surface area contributed by atoms with E-state index in [0.717, 1.165) is 101 Å². The molecule has 0 radical (unpaired) electrons. The standard InChI is InChI=1S/C40H54ClN3O5S/c1-26-7-4-9-34(39-47-22-32(23-48-39)43-17-6-18-43)33-13-10-30(33)21-44-24-40(16-5-8-28-19-31(41)12-14-35(28)40)25-49-37-15-11-29(20-36(37)44)38(45)42-50(3,46)27(26)2/h11-12,14-15,19-20,26-27,30,32-34,39H,3-10,13,16-18,21-25H2,1-2H3,(H,42,45,46)/t26-,27+,30-,32?,33+,34+,39?,40-,50?/m0/s1. The number of anilines is 1. The van der Waals surface area contributed by atoms with E-state index in [1.54, 1.807) is 6.07 Å². The van der Waals surface area contributed by atoms with Crippen molar-refractivity contribution in [3.05, 3.63) is 58.1 Å². The topological polar surface area (TPSA) is 80.3 Å². The zero-order valence-corrected chi connectivity index (χ0v) is 31.3. The Labute approximate surface area is 303 Å². The first-order valence-corrected chi connectivity index (χ1v) is 21.2. The Balaban J connectivity index is 1.15. The second-order valence-corrected chi connectivity index (χ2v) is 19.1. The van der Waals surface area contributed by atoms with Crippen molar-refractivity contribution in [2.45, 2.75) is 94.6 Å². The number of ether oxygens (including phenoxy) is 3. The summed E-state index contributed by atoms with van der Waals surface area (Å²) in [5.41, 5.74) is 3.86. The fourth-order valence-electron chi connectivity index (χ4n) is 9.74. The number of carbonyl (C=O) groups is 1. The number of benzene rings is 2. The van der Waals surface area contributed by atoms with Crippen molar-refractivity contribution >= 4 is 38.8 Å². The van der Waals surface area contributed by atoms with Crippen LogP contribution in [-0.4, -0.2) is 84.5 Å². The van der Waals surface area contributed by atoms with Gasteiger partial charge in [-0.15, -0.1) is 0 Å². The first kappa shape index (κ1) is 34.8. The lowest BCUT2D eigenvalue weighted by atomic mass is 9.64. The highest BCUT2D eigenvalue weighted by Crippen LogP contribution is 2.49. The molecule has 0 aromatic heterocycles. The molecule has 8 rings (SSSR count). The van der Waals surface area contributed by atoms with Crippen LogP contribution in [0.3, 0.4) is 0 Å².